The highest BCUT2D eigenvalue weighted by Gasteiger charge is 2.39. The highest BCUT2D eigenvalue weighted by atomic mass is 16.5. The lowest BCUT2D eigenvalue weighted by atomic mass is 9.77. The van der Waals surface area contributed by atoms with E-state index < -0.39 is 5.54 Å². The first-order valence-electron chi connectivity index (χ1n) is 8.00. The monoisotopic (exact) mass is 301 g/mol. The number of hydrogen-bond donors (Lipinski definition) is 1. The van der Waals surface area contributed by atoms with Gasteiger partial charge in [-0.05, 0) is 44.7 Å². The Bertz CT molecular complexity index is 618. The molecule has 6 nitrogen and oxygen atoms in total. The van der Waals surface area contributed by atoms with Gasteiger partial charge in [-0.25, -0.2) is 4.98 Å². The smallest absolute Gasteiger partial charge is 0.259 e. The van der Waals surface area contributed by atoms with Gasteiger partial charge >= 0.3 is 0 Å². The van der Waals surface area contributed by atoms with Crippen molar-refractivity contribution < 1.29 is 4.52 Å². The Morgan fingerprint density at radius 2 is 2.14 bits per heavy atom. The lowest BCUT2D eigenvalue weighted by Crippen LogP contribution is -2.44. The third kappa shape index (κ3) is 2.70. The van der Waals surface area contributed by atoms with E-state index in [1.807, 2.05) is 12.1 Å². The third-order valence-corrected chi connectivity index (χ3v) is 4.31. The lowest BCUT2D eigenvalue weighted by molar-refractivity contribution is 0.229. The van der Waals surface area contributed by atoms with E-state index in [-0.39, 0.29) is 0 Å². The highest BCUT2D eigenvalue weighted by Crippen LogP contribution is 2.37. The first-order chi connectivity index (χ1) is 10.7. The van der Waals surface area contributed by atoms with Gasteiger partial charge in [-0.15, -0.1) is 0 Å². The average molecular weight is 301 g/mol. The van der Waals surface area contributed by atoms with E-state index in [0.29, 0.717) is 11.7 Å². The molecule has 22 heavy (non-hydrogen) atoms. The van der Waals surface area contributed by atoms with Crippen molar-refractivity contribution in [3.05, 3.63) is 24.2 Å². The summed E-state index contributed by atoms with van der Waals surface area (Å²) in [6.07, 6.45) is 5.86. The van der Waals surface area contributed by atoms with Gasteiger partial charge < -0.3 is 15.2 Å². The molecule has 0 saturated heterocycles. The summed E-state index contributed by atoms with van der Waals surface area (Å²) in [6.45, 7) is 6.25. The van der Waals surface area contributed by atoms with Crippen molar-refractivity contribution in [3.8, 4) is 11.5 Å². The van der Waals surface area contributed by atoms with Crippen molar-refractivity contribution >= 4 is 5.82 Å². The fourth-order valence-electron chi connectivity index (χ4n) is 2.73. The van der Waals surface area contributed by atoms with Crippen LogP contribution in [0.4, 0.5) is 5.82 Å². The summed E-state index contributed by atoms with van der Waals surface area (Å²) >= 11 is 0. The van der Waals surface area contributed by atoms with E-state index in [1.165, 1.54) is 0 Å². The molecule has 2 heterocycles. The van der Waals surface area contributed by atoms with Gasteiger partial charge in [-0.3, -0.25) is 0 Å². The number of rotatable bonds is 6. The largest absolute Gasteiger partial charge is 0.357 e. The summed E-state index contributed by atoms with van der Waals surface area (Å²) in [5, 5.41) is 4.04. The van der Waals surface area contributed by atoms with Crippen LogP contribution in [0, 0.1) is 0 Å². The van der Waals surface area contributed by atoms with Gasteiger partial charge in [0, 0.05) is 19.3 Å². The third-order valence-electron chi connectivity index (χ3n) is 4.31. The molecule has 2 N–H and O–H groups in total. The maximum absolute atomic E-state index is 6.22. The minimum absolute atomic E-state index is 0.394. The Balaban J connectivity index is 1.78. The van der Waals surface area contributed by atoms with Crippen LogP contribution in [-0.4, -0.2) is 28.2 Å². The molecule has 2 aromatic heterocycles. The minimum atomic E-state index is -0.394. The van der Waals surface area contributed by atoms with Crippen molar-refractivity contribution in [2.24, 2.45) is 5.73 Å². The van der Waals surface area contributed by atoms with Crippen LogP contribution < -0.4 is 10.6 Å². The van der Waals surface area contributed by atoms with Crippen molar-refractivity contribution in [2.45, 2.75) is 45.1 Å². The van der Waals surface area contributed by atoms with Gasteiger partial charge in [-0.1, -0.05) is 12.1 Å². The second kappa shape index (κ2) is 6.04. The van der Waals surface area contributed by atoms with Crippen LogP contribution in [0.2, 0.25) is 0 Å². The maximum Gasteiger partial charge on any atom is 0.259 e. The van der Waals surface area contributed by atoms with E-state index in [2.05, 4.69) is 33.9 Å². The van der Waals surface area contributed by atoms with Crippen LogP contribution >= 0.6 is 0 Å². The number of anilines is 1. The highest BCUT2D eigenvalue weighted by molar-refractivity contribution is 5.54. The molecule has 0 radical (unpaired) electrons. The summed E-state index contributed by atoms with van der Waals surface area (Å²) in [6, 6.07) is 3.97. The molecule has 0 unspecified atom stereocenters. The molecule has 0 bridgehead atoms. The molecule has 118 valence electrons. The zero-order chi connectivity index (χ0) is 15.6. The summed E-state index contributed by atoms with van der Waals surface area (Å²) in [4.78, 5) is 11.2. The molecule has 0 amide bonds. The normalized spacial score (nSPS) is 16.3. The SMILES string of the molecule is CCCN(CC)c1ccc(-c2nc(C3(N)CCC3)no2)cn1. The predicted octanol–water partition coefficient (Wildman–Crippen LogP) is 2.71. The van der Waals surface area contributed by atoms with E-state index in [0.717, 1.165) is 50.2 Å². The van der Waals surface area contributed by atoms with Crippen molar-refractivity contribution in [3.63, 3.8) is 0 Å². The average Bonchev–Trinajstić information content (AvgIpc) is 3.01. The number of aromatic nitrogens is 3. The lowest BCUT2D eigenvalue weighted by Gasteiger charge is -2.34. The molecule has 0 aromatic carbocycles. The minimum Gasteiger partial charge on any atom is -0.357 e. The van der Waals surface area contributed by atoms with Crippen LogP contribution in [0.1, 0.15) is 45.4 Å². The molecule has 3 rings (SSSR count). The molecular formula is C16H23N5O. The van der Waals surface area contributed by atoms with Crippen LogP contribution in [0.3, 0.4) is 0 Å². The van der Waals surface area contributed by atoms with Crippen LogP contribution in [0.25, 0.3) is 11.5 Å². The van der Waals surface area contributed by atoms with E-state index in [1.54, 1.807) is 6.20 Å². The molecule has 2 aromatic rings. The zero-order valence-corrected chi connectivity index (χ0v) is 13.2. The molecule has 1 saturated carbocycles. The Labute approximate surface area is 130 Å². The quantitative estimate of drug-likeness (QED) is 0.883. The molecule has 0 atom stereocenters. The van der Waals surface area contributed by atoms with Gasteiger partial charge in [0.25, 0.3) is 5.89 Å². The Kier molecular flexibility index (Phi) is 4.11. The molecule has 0 spiro atoms. The van der Waals surface area contributed by atoms with Gasteiger partial charge in [-0.2, -0.15) is 4.98 Å². The number of nitrogens with two attached hydrogens (primary N) is 1. The van der Waals surface area contributed by atoms with Crippen molar-refractivity contribution in [2.75, 3.05) is 18.0 Å². The molecule has 1 aliphatic rings. The second-order valence-corrected chi connectivity index (χ2v) is 5.92. The van der Waals surface area contributed by atoms with E-state index in [9.17, 15) is 0 Å². The molecule has 1 aliphatic carbocycles. The number of nitrogens with zero attached hydrogens (tertiary/aromatic N) is 4. The number of hydrogen-bond acceptors (Lipinski definition) is 6. The van der Waals surface area contributed by atoms with Gasteiger partial charge in [0.15, 0.2) is 5.82 Å². The summed E-state index contributed by atoms with van der Waals surface area (Å²) in [5.41, 5.74) is 6.66. The van der Waals surface area contributed by atoms with Gasteiger partial charge in [0.1, 0.15) is 5.82 Å². The summed E-state index contributed by atoms with van der Waals surface area (Å²) in [5.74, 6) is 2.07. The fraction of sp³-hybridized carbons (Fsp3) is 0.562. The second-order valence-electron chi connectivity index (χ2n) is 5.92. The number of pyridine rings is 1. The van der Waals surface area contributed by atoms with Crippen LogP contribution in [0.15, 0.2) is 22.9 Å². The van der Waals surface area contributed by atoms with E-state index >= 15 is 0 Å². The summed E-state index contributed by atoms with van der Waals surface area (Å²) in [7, 11) is 0. The van der Waals surface area contributed by atoms with E-state index in [4.69, 9.17) is 10.3 Å². The van der Waals surface area contributed by atoms with Crippen LogP contribution in [-0.2, 0) is 5.54 Å². The predicted molar refractivity (Wildman–Crippen MR) is 85.4 cm³/mol. The van der Waals surface area contributed by atoms with Gasteiger partial charge in [0.2, 0.25) is 0 Å². The standard InChI is InChI=1S/C16H23N5O/c1-3-10-21(4-2)13-7-6-12(11-18-13)14-19-15(20-22-14)16(17)8-5-9-16/h6-7,11H,3-5,8-10,17H2,1-2H3. The molecule has 1 fully saturated rings. The zero-order valence-electron chi connectivity index (χ0n) is 13.2. The van der Waals surface area contributed by atoms with Crippen molar-refractivity contribution in [1.82, 2.24) is 15.1 Å². The van der Waals surface area contributed by atoms with Crippen LogP contribution in [0.5, 0.6) is 0 Å². The first kappa shape index (κ1) is 15.0. The Hall–Kier alpha value is -1.95. The first-order valence-corrected chi connectivity index (χ1v) is 8.00. The maximum atomic E-state index is 6.22. The molecule has 0 aliphatic heterocycles. The van der Waals surface area contributed by atoms with Crippen molar-refractivity contribution in [1.29, 1.82) is 0 Å². The van der Waals surface area contributed by atoms with Gasteiger partial charge in [0.05, 0.1) is 11.1 Å². The fourth-order valence-corrected chi connectivity index (χ4v) is 2.73. The Morgan fingerprint density at radius 1 is 1.32 bits per heavy atom. The Morgan fingerprint density at radius 3 is 2.68 bits per heavy atom. The topological polar surface area (TPSA) is 81.1 Å². The molecule has 6 heteroatoms. The molecular weight excluding hydrogens is 278 g/mol. The summed E-state index contributed by atoms with van der Waals surface area (Å²) < 4.78 is 5.35.